The molecule has 4 nitrogen and oxygen atoms in total. The van der Waals surface area contributed by atoms with Gasteiger partial charge in [-0.25, -0.2) is 4.79 Å². The number of rotatable bonds is 4. The average molecular weight is 341 g/mol. The van der Waals surface area contributed by atoms with Crippen LogP contribution in [0.4, 0.5) is 0 Å². The summed E-state index contributed by atoms with van der Waals surface area (Å²) in [4.78, 5) is 14.4. The van der Waals surface area contributed by atoms with Gasteiger partial charge in [0.05, 0.1) is 0 Å². The van der Waals surface area contributed by atoms with E-state index >= 15 is 0 Å². The van der Waals surface area contributed by atoms with Crippen molar-refractivity contribution in [2.75, 3.05) is 13.7 Å². The van der Waals surface area contributed by atoms with Crippen LogP contribution in [0.2, 0.25) is 0 Å². The first kappa shape index (κ1) is 16.8. The number of hydrogen-bond donors (Lipinski definition) is 1. The molecule has 0 saturated heterocycles. The molecule has 1 saturated carbocycles. The van der Waals surface area contributed by atoms with E-state index in [2.05, 4.69) is 24.1 Å². The third-order valence-corrected chi connectivity index (χ3v) is 6.16. The molecule has 1 fully saturated rings. The molecule has 0 amide bonds. The van der Waals surface area contributed by atoms with E-state index in [9.17, 15) is 9.90 Å². The fourth-order valence-corrected chi connectivity index (χ4v) is 4.59. The molecule has 0 unspecified atom stereocenters. The van der Waals surface area contributed by atoms with E-state index < -0.39 is 0 Å². The van der Waals surface area contributed by atoms with Gasteiger partial charge in [0.15, 0.2) is 0 Å². The van der Waals surface area contributed by atoms with Crippen molar-refractivity contribution in [1.82, 2.24) is 4.90 Å². The number of aryl methyl sites for hydroxylation is 2. The molecule has 4 heteroatoms. The summed E-state index contributed by atoms with van der Waals surface area (Å²) in [7, 11) is 2.15. The molecular weight excluding hydrogens is 314 g/mol. The fraction of sp³-hybridized carbons (Fsp3) is 0.571. The maximum absolute atomic E-state index is 12.0. The molecule has 4 rings (SSSR count). The lowest BCUT2D eigenvalue weighted by molar-refractivity contribution is 0.124. The molecule has 1 aromatic carbocycles. The van der Waals surface area contributed by atoms with Crippen LogP contribution in [-0.2, 0) is 19.4 Å². The zero-order valence-corrected chi connectivity index (χ0v) is 15.0. The Morgan fingerprint density at radius 2 is 1.84 bits per heavy atom. The van der Waals surface area contributed by atoms with Crippen LogP contribution >= 0.6 is 0 Å². The summed E-state index contributed by atoms with van der Waals surface area (Å²) >= 11 is 0. The topological polar surface area (TPSA) is 53.7 Å². The van der Waals surface area contributed by atoms with Crippen LogP contribution in [0.5, 0.6) is 0 Å². The van der Waals surface area contributed by atoms with Gasteiger partial charge in [-0.3, -0.25) is 4.90 Å². The first-order valence-electron chi connectivity index (χ1n) is 9.53. The predicted octanol–water partition coefficient (Wildman–Crippen LogP) is 3.26. The second kappa shape index (κ2) is 6.93. The lowest BCUT2D eigenvalue weighted by Gasteiger charge is -2.34. The molecule has 25 heavy (non-hydrogen) atoms. The zero-order chi connectivity index (χ0) is 17.4. The van der Waals surface area contributed by atoms with Crippen LogP contribution in [0.25, 0.3) is 11.0 Å². The summed E-state index contributed by atoms with van der Waals surface area (Å²) in [6.45, 7) is 1.08. The van der Waals surface area contributed by atoms with Crippen LogP contribution in [0.3, 0.4) is 0 Å². The van der Waals surface area contributed by atoms with Crippen molar-refractivity contribution in [1.29, 1.82) is 0 Å². The van der Waals surface area contributed by atoms with Crippen LogP contribution < -0.4 is 5.63 Å². The summed E-state index contributed by atoms with van der Waals surface area (Å²) in [6, 6.07) is 6.51. The van der Waals surface area contributed by atoms with E-state index in [1.807, 2.05) is 0 Å². The lowest BCUT2D eigenvalue weighted by atomic mass is 9.86. The lowest BCUT2D eigenvalue weighted by Crippen LogP contribution is -2.35. The molecule has 2 aliphatic rings. The largest absolute Gasteiger partial charge is 0.423 e. The third-order valence-electron chi connectivity index (χ3n) is 6.16. The van der Waals surface area contributed by atoms with Gasteiger partial charge in [-0.1, -0.05) is 0 Å². The summed E-state index contributed by atoms with van der Waals surface area (Å²) in [6.07, 6.45) is 7.84. The maximum atomic E-state index is 12.0. The molecule has 1 aromatic heterocycles. The van der Waals surface area contributed by atoms with Crippen molar-refractivity contribution in [2.24, 2.45) is 5.92 Å². The van der Waals surface area contributed by atoms with Gasteiger partial charge >= 0.3 is 5.63 Å². The average Bonchev–Trinajstić information content (AvgIpc) is 3.07. The molecule has 0 spiro atoms. The Labute approximate surface area is 148 Å². The van der Waals surface area contributed by atoms with Crippen molar-refractivity contribution in [2.45, 2.75) is 57.5 Å². The van der Waals surface area contributed by atoms with Crippen LogP contribution in [0, 0.1) is 5.92 Å². The van der Waals surface area contributed by atoms with Crippen LogP contribution in [0.15, 0.2) is 27.4 Å². The van der Waals surface area contributed by atoms with Gasteiger partial charge in [0, 0.05) is 30.6 Å². The zero-order valence-electron chi connectivity index (χ0n) is 15.0. The van der Waals surface area contributed by atoms with Gasteiger partial charge in [-0.05, 0) is 86.7 Å². The van der Waals surface area contributed by atoms with E-state index in [1.165, 1.54) is 17.5 Å². The van der Waals surface area contributed by atoms with Gasteiger partial charge in [0.2, 0.25) is 0 Å². The Balaban J connectivity index is 1.59. The summed E-state index contributed by atoms with van der Waals surface area (Å²) in [5.41, 5.74) is 4.31. The number of aliphatic hydroxyl groups excluding tert-OH is 1. The quantitative estimate of drug-likeness (QED) is 0.867. The second-order valence-electron chi connectivity index (χ2n) is 7.83. The maximum Gasteiger partial charge on any atom is 0.336 e. The molecule has 2 aliphatic carbocycles. The fourth-order valence-electron chi connectivity index (χ4n) is 4.59. The minimum absolute atomic E-state index is 0.252. The molecular formula is C21H27NO3. The molecule has 0 bridgehead atoms. The predicted molar refractivity (Wildman–Crippen MR) is 98.8 cm³/mol. The number of nitrogens with zero attached hydrogens (tertiary/aromatic N) is 1. The van der Waals surface area contributed by atoms with Crippen molar-refractivity contribution in [3.05, 3.63) is 45.3 Å². The smallest absolute Gasteiger partial charge is 0.336 e. The van der Waals surface area contributed by atoms with Crippen LogP contribution in [0.1, 0.15) is 48.8 Å². The van der Waals surface area contributed by atoms with E-state index in [1.54, 1.807) is 6.07 Å². The molecule has 1 N–H and O–H groups in total. The number of aliphatic hydroxyl groups is 1. The van der Waals surface area contributed by atoms with Gasteiger partial charge < -0.3 is 9.52 Å². The summed E-state index contributed by atoms with van der Waals surface area (Å²) in [5.74, 6) is 0.469. The van der Waals surface area contributed by atoms with E-state index in [4.69, 9.17) is 4.42 Å². The Morgan fingerprint density at radius 3 is 2.56 bits per heavy atom. The van der Waals surface area contributed by atoms with Gasteiger partial charge in [0.1, 0.15) is 5.58 Å². The Bertz CT molecular complexity index is 818. The van der Waals surface area contributed by atoms with Crippen molar-refractivity contribution in [3.63, 3.8) is 0 Å². The minimum atomic E-state index is -0.252. The minimum Gasteiger partial charge on any atom is -0.423 e. The van der Waals surface area contributed by atoms with Gasteiger partial charge in [-0.2, -0.15) is 0 Å². The normalized spacial score (nSPS) is 23.3. The Hall–Kier alpha value is -1.65. The van der Waals surface area contributed by atoms with Crippen molar-refractivity contribution in [3.8, 4) is 0 Å². The van der Waals surface area contributed by atoms with Crippen molar-refractivity contribution >= 4 is 11.0 Å². The monoisotopic (exact) mass is 341 g/mol. The molecule has 134 valence electrons. The van der Waals surface area contributed by atoms with Gasteiger partial charge in [-0.15, -0.1) is 0 Å². The number of fused-ring (bicyclic) bond motifs is 2. The van der Waals surface area contributed by atoms with Crippen molar-refractivity contribution < 1.29 is 9.52 Å². The number of benzene rings is 1. The number of hydrogen-bond acceptors (Lipinski definition) is 4. The molecule has 2 aromatic rings. The second-order valence-corrected chi connectivity index (χ2v) is 7.83. The highest BCUT2D eigenvalue weighted by Crippen LogP contribution is 2.31. The molecule has 1 heterocycles. The highest BCUT2D eigenvalue weighted by atomic mass is 16.4. The Morgan fingerprint density at radius 1 is 1.12 bits per heavy atom. The SMILES string of the molecule is CN(Cc1cc(=O)oc2cc3c(cc12)CCC3)C1CCC(CO)CC1. The molecule has 0 aliphatic heterocycles. The van der Waals surface area contributed by atoms with E-state index in [0.29, 0.717) is 18.6 Å². The Kier molecular flexibility index (Phi) is 4.65. The highest BCUT2D eigenvalue weighted by Gasteiger charge is 2.24. The van der Waals surface area contributed by atoms with Crippen LogP contribution in [-0.4, -0.2) is 29.7 Å². The molecule has 0 atom stereocenters. The van der Waals surface area contributed by atoms with Gasteiger partial charge in [0.25, 0.3) is 0 Å². The third kappa shape index (κ3) is 3.38. The molecule has 0 radical (unpaired) electrons. The highest BCUT2D eigenvalue weighted by molar-refractivity contribution is 5.82. The first-order chi connectivity index (χ1) is 12.1. The van der Waals surface area contributed by atoms with E-state index in [-0.39, 0.29) is 5.63 Å². The standard InChI is InChI=1S/C21H27NO3/c1-22(18-7-5-14(13-23)6-8-18)12-17-11-21(24)25-20-10-16-4-2-3-15(16)9-19(17)20/h9-11,14,18,23H,2-8,12-13H2,1H3. The van der Waals surface area contributed by atoms with E-state index in [0.717, 1.165) is 61.6 Å². The first-order valence-corrected chi connectivity index (χ1v) is 9.53. The summed E-state index contributed by atoms with van der Waals surface area (Å²) < 4.78 is 5.48. The summed E-state index contributed by atoms with van der Waals surface area (Å²) in [5, 5.41) is 10.4.